The number of aromatic nitrogens is 4. The minimum Gasteiger partial charge on any atom is -0.303 e. The van der Waals surface area contributed by atoms with Gasteiger partial charge in [0.25, 0.3) is 0 Å². The molecule has 3 rings (SSSR count). The maximum absolute atomic E-state index is 4.60. The van der Waals surface area contributed by atoms with Crippen LogP contribution in [0.25, 0.3) is 16.9 Å². The van der Waals surface area contributed by atoms with Crippen molar-refractivity contribution in [1.29, 1.82) is 0 Å². The van der Waals surface area contributed by atoms with Gasteiger partial charge in [0.2, 0.25) is 0 Å². The molecule has 3 heterocycles. The lowest BCUT2D eigenvalue weighted by molar-refractivity contribution is 1.04. The van der Waals surface area contributed by atoms with E-state index in [1.165, 1.54) is 0 Å². The Hall–Kier alpha value is -1.88. The SMILES string of the molecule is CSc1nc(-c2cccnc2)cn2ccnc12. The van der Waals surface area contributed by atoms with Crippen molar-refractivity contribution in [2.45, 2.75) is 5.03 Å². The summed E-state index contributed by atoms with van der Waals surface area (Å²) in [5.74, 6) is 0. The lowest BCUT2D eigenvalue weighted by Crippen LogP contribution is -1.94. The van der Waals surface area contributed by atoms with Crippen LogP contribution in [0.5, 0.6) is 0 Å². The van der Waals surface area contributed by atoms with Crippen molar-refractivity contribution in [2.24, 2.45) is 0 Å². The van der Waals surface area contributed by atoms with Crippen LogP contribution in [0.2, 0.25) is 0 Å². The Kier molecular flexibility index (Phi) is 2.53. The molecule has 0 unspecified atom stereocenters. The number of imidazole rings is 1. The van der Waals surface area contributed by atoms with Crippen LogP contribution in [-0.2, 0) is 0 Å². The molecule has 0 spiro atoms. The molecule has 17 heavy (non-hydrogen) atoms. The monoisotopic (exact) mass is 242 g/mol. The Morgan fingerprint density at radius 1 is 1.29 bits per heavy atom. The molecule has 0 N–H and O–H groups in total. The fourth-order valence-electron chi connectivity index (χ4n) is 1.69. The number of nitrogens with zero attached hydrogens (tertiary/aromatic N) is 4. The summed E-state index contributed by atoms with van der Waals surface area (Å²) < 4.78 is 1.99. The molecule has 5 heteroatoms. The average molecular weight is 242 g/mol. The van der Waals surface area contributed by atoms with Crippen molar-refractivity contribution in [3.05, 3.63) is 43.1 Å². The van der Waals surface area contributed by atoms with Gasteiger partial charge in [0.1, 0.15) is 5.03 Å². The van der Waals surface area contributed by atoms with Gasteiger partial charge in [-0.3, -0.25) is 4.98 Å². The van der Waals surface area contributed by atoms with Crippen molar-refractivity contribution in [3.8, 4) is 11.3 Å². The molecule has 0 aliphatic heterocycles. The normalized spacial score (nSPS) is 10.9. The summed E-state index contributed by atoms with van der Waals surface area (Å²) >= 11 is 1.60. The first-order chi connectivity index (χ1) is 8.38. The van der Waals surface area contributed by atoms with Crippen LogP contribution in [0.3, 0.4) is 0 Å². The zero-order chi connectivity index (χ0) is 11.7. The number of hydrogen-bond acceptors (Lipinski definition) is 4. The van der Waals surface area contributed by atoms with E-state index >= 15 is 0 Å². The van der Waals surface area contributed by atoms with Gasteiger partial charge < -0.3 is 4.40 Å². The second-order valence-electron chi connectivity index (χ2n) is 3.54. The smallest absolute Gasteiger partial charge is 0.169 e. The Morgan fingerprint density at radius 2 is 2.24 bits per heavy atom. The standard InChI is InChI=1S/C12H10N4S/c1-17-12-11-14-5-6-16(11)8-10(15-12)9-3-2-4-13-7-9/h2-8H,1H3. The third kappa shape index (κ3) is 1.78. The molecule has 0 aliphatic carbocycles. The van der Waals surface area contributed by atoms with Crippen LogP contribution >= 0.6 is 11.8 Å². The topological polar surface area (TPSA) is 43.1 Å². The first kappa shape index (κ1) is 10.3. The van der Waals surface area contributed by atoms with Crippen molar-refractivity contribution in [3.63, 3.8) is 0 Å². The molecule has 0 atom stereocenters. The maximum Gasteiger partial charge on any atom is 0.169 e. The largest absolute Gasteiger partial charge is 0.303 e. The minimum atomic E-state index is 0.894. The van der Waals surface area contributed by atoms with Gasteiger partial charge in [0.05, 0.1) is 5.69 Å². The zero-order valence-corrected chi connectivity index (χ0v) is 10.1. The third-order valence-corrected chi connectivity index (χ3v) is 3.15. The highest BCUT2D eigenvalue weighted by Crippen LogP contribution is 2.23. The van der Waals surface area contributed by atoms with Gasteiger partial charge in [-0.1, -0.05) is 0 Å². The van der Waals surface area contributed by atoms with E-state index in [0.29, 0.717) is 0 Å². The molecule has 0 radical (unpaired) electrons. The summed E-state index contributed by atoms with van der Waals surface area (Å²) in [4.78, 5) is 13.0. The molecule has 0 saturated carbocycles. The summed E-state index contributed by atoms with van der Waals surface area (Å²) in [5, 5.41) is 0.927. The molecule has 3 aromatic rings. The first-order valence-corrected chi connectivity index (χ1v) is 6.39. The predicted octanol–water partition coefficient (Wildman–Crippen LogP) is 2.51. The molecule has 0 aliphatic rings. The number of pyridine rings is 1. The molecule has 0 amide bonds. The van der Waals surface area contributed by atoms with Crippen molar-refractivity contribution < 1.29 is 0 Å². The second kappa shape index (κ2) is 4.18. The van der Waals surface area contributed by atoms with Gasteiger partial charge >= 0.3 is 0 Å². The van der Waals surface area contributed by atoms with Crippen LogP contribution in [0, 0.1) is 0 Å². The van der Waals surface area contributed by atoms with E-state index in [4.69, 9.17) is 0 Å². The van der Waals surface area contributed by atoms with Gasteiger partial charge in [0, 0.05) is 36.5 Å². The Bertz CT molecular complexity index is 648. The molecule has 0 fully saturated rings. The highest BCUT2D eigenvalue weighted by Gasteiger charge is 2.07. The Balaban J connectivity index is 2.24. The highest BCUT2D eigenvalue weighted by atomic mass is 32.2. The lowest BCUT2D eigenvalue weighted by atomic mass is 10.2. The quantitative estimate of drug-likeness (QED) is 0.648. The molecule has 0 aromatic carbocycles. The van der Waals surface area contributed by atoms with Gasteiger partial charge in [-0.05, 0) is 18.4 Å². The van der Waals surface area contributed by atoms with Crippen LogP contribution in [-0.4, -0.2) is 25.6 Å². The van der Waals surface area contributed by atoms with E-state index in [0.717, 1.165) is 21.9 Å². The molecular formula is C12H10N4S. The van der Waals surface area contributed by atoms with E-state index in [1.54, 1.807) is 24.2 Å². The summed E-state index contributed by atoms with van der Waals surface area (Å²) in [7, 11) is 0. The number of hydrogen-bond donors (Lipinski definition) is 0. The Labute approximate surface area is 103 Å². The summed E-state index contributed by atoms with van der Waals surface area (Å²) in [6.45, 7) is 0. The van der Waals surface area contributed by atoms with Crippen molar-refractivity contribution in [2.75, 3.05) is 6.26 Å². The van der Waals surface area contributed by atoms with Crippen molar-refractivity contribution >= 4 is 17.4 Å². The van der Waals surface area contributed by atoms with E-state index in [2.05, 4.69) is 15.0 Å². The number of thioether (sulfide) groups is 1. The van der Waals surface area contributed by atoms with E-state index in [-0.39, 0.29) is 0 Å². The van der Waals surface area contributed by atoms with Gasteiger partial charge in [-0.2, -0.15) is 0 Å². The van der Waals surface area contributed by atoms with Crippen LogP contribution in [0.15, 0.2) is 48.1 Å². The minimum absolute atomic E-state index is 0.894. The summed E-state index contributed by atoms with van der Waals surface area (Å²) in [6.07, 6.45) is 11.3. The van der Waals surface area contributed by atoms with Crippen LogP contribution < -0.4 is 0 Å². The predicted molar refractivity (Wildman–Crippen MR) is 68.0 cm³/mol. The summed E-state index contributed by atoms with van der Waals surface area (Å²) in [5.41, 5.74) is 2.82. The lowest BCUT2D eigenvalue weighted by Gasteiger charge is -2.05. The molecule has 84 valence electrons. The third-order valence-electron chi connectivity index (χ3n) is 2.49. The van der Waals surface area contributed by atoms with Crippen LogP contribution in [0.1, 0.15) is 0 Å². The first-order valence-electron chi connectivity index (χ1n) is 5.16. The second-order valence-corrected chi connectivity index (χ2v) is 4.33. The van der Waals surface area contributed by atoms with Gasteiger partial charge in [-0.15, -0.1) is 11.8 Å². The molecule has 3 aromatic heterocycles. The zero-order valence-electron chi connectivity index (χ0n) is 9.24. The van der Waals surface area contributed by atoms with E-state index < -0.39 is 0 Å². The Morgan fingerprint density at radius 3 is 3.00 bits per heavy atom. The van der Waals surface area contributed by atoms with Gasteiger partial charge in [-0.25, -0.2) is 9.97 Å². The fourth-order valence-corrected chi connectivity index (χ4v) is 2.22. The fraction of sp³-hybridized carbons (Fsp3) is 0.0833. The molecular weight excluding hydrogens is 232 g/mol. The highest BCUT2D eigenvalue weighted by molar-refractivity contribution is 7.98. The number of fused-ring (bicyclic) bond motifs is 1. The van der Waals surface area contributed by atoms with E-state index in [1.807, 2.05) is 41.4 Å². The van der Waals surface area contributed by atoms with E-state index in [9.17, 15) is 0 Å². The molecule has 0 saturated heterocycles. The van der Waals surface area contributed by atoms with Crippen LogP contribution in [0.4, 0.5) is 0 Å². The van der Waals surface area contributed by atoms with Crippen molar-refractivity contribution in [1.82, 2.24) is 19.4 Å². The summed E-state index contributed by atoms with van der Waals surface area (Å²) in [6, 6.07) is 3.91. The molecule has 4 nitrogen and oxygen atoms in total. The molecule has 0 bridgehead atoms. The van der Waals surface area contributed by atoms with Gasteiger partial charge in [0.15, 0.2) is 5.65 Å². The maximum atomic E-state index is 4.60. The average Bonchev–Trinajstić information content (AvgIpc) is 2.86. The number of rotatable bonds is 2.